The van der Waals surface area contributed by atoms with Crippen LogP contribution in [-0.4, -0.2) is 41.0 Å². The molecule has 1 N–H and O–H groups in total. The molecule has 1 aliphatic heterocycles. The number of hydrogen-bond acceptors (Lipinski definition) is 2. The van der Waals surface area contributed by atoms with Gasteiger partial charge in [-0.2, -0.15) is 0 Å². The summed E-state index contributed by atoms with van der Waals surface area (Å²) in [4.78, 5) is 8.50. The molecule has 0 aliphatic carbocycles. The minimum atomic E-state index is 1.04. The van der Waals surface area contributed by atoms with Crippen LogP contribution in [0.3, 0.4) is 0 Å². The smallest absolute Gasteiger partial charge is 0.0457 e. The third-order valence-corrected chi connectivity index (χ3v) is 5.38. The lowest BCUT2D eigenvalue weighted by atomic mass is 10.1. The number of aromatic amines is 1. The first-order valence-corrected chi connectivity index (χ1v) is 9.31. The Morgan fingerprint density at radius 2 is 1.50 bits per heavy atom. The second-order valence-electron chi connectivity index (χ2n) is 6.54. The first-order chi connectivity index (χ1) is 11.8. The van der Waals surface area contributed by atoms with E-state index in [1.807, 2.05) is 0 Å². The van der Waals surface area contributed by atoms with Gasteiger partial charge in [0, 0.05) is 60.8 Å². The number of benzene rings is 2. The van der Waals surface area contributed by atoms with Gasteiger partial charge in [0.15, 0.2) is 0 Å². The molecule has 0 bridgehead atoms. The highest BCUT2D eigenvalue weighted by atomic mass is 79.9. The van der Waals surface area contributed by atoms with Crippen LogP contribution in [0.2, 0.25) is 0 Å². The van der Waals surface area contributed by atoms with Gasteiger partial charge in [-0.1, -0.05) is 46.3 Å². The number of para-hydroxylation sites is 1. The van der Waals surface area contributed by atoms with Crippen molar-refractivity contribution < 1.29 is 0 Å². The standard InChI is InChI=1S/C20H22BrN3/c21-18-7-5-16(6-8-18)14-23-9-11-24(12-10-23)15-17-13-22-20-4-2-1-3-19(17)20/h1-8,13,22H,9-12,14-15H2. The fourth-order valence-corrected chi connectivity index (χ4v) is 3.72. The van der Waals surface area contributed by atoms with Gasteiger partial charge in [0.2, 0.25) is 0 Å². The van der Waals surface area contributed by atoms with Crippen LogP contribution >= 0.6 is 15.9 Å². The predicted octanol–water partition coefficient (Wildman–Crippen LogP) is 4.25. The Morgan fingerprint density at radius 3 is 2.25 bits per heavy atom. The molecule has 4 rings (SSSR count). The molecule has 1 aliphatic rings. The van der Waals surface area contributed by atoms with E-state index >= 15 is 0 Å². The first-order valence-electron chi connectivity index (χ1n) is 8.52. The van der Waals surface area contributed by atoms with Gasteiger partial charge in [0.1, 0.15) is 0 Å². The number of halogens is 1. The predicted molar refractivity (Wildman–Crippen MR) is 103 cm³/mol. The molecule has 0 saturated carbocycles. The third-order valence-electron chi connectivity index (χ3n) is 4.85. The van der Waals surface area contributed by atoms with Gasteiger partial charge in [-0.3, -0.25) is 9.80 Å². The average Bonchev–Trinajstić information content (AvgIpc) is 3.02. The van der Waals surface area contributed by atoms with Crippen molar-refractivity contribution in [2.45, 2.75) is 13.1 Å². The zero-order chi connectivity index (χ0) is 16.4. The summed E-state index contributed by atoms with van der Waals surface area (Å²) in [7, 11) is 0. The van der Waals surface area contributed by atoms with Crippen LogP contribution in [0.25, 0.3) is 10.9 Å². The maximum atomic E-state index is 3.50. The van der Waals surface area contributed by atoms with Gasteiger partial charge < -0.3 is 4.98 Å². The normalized spacial score (nSPS) is 16.7. The molecule has 1 aromatic heterocycles. The molecule has 0 amide bonds. The largest absolute Gasteiger partial charge is 0.361 e. The molecule has 2 aromatic carbocycles. The summed E-state index contributed by atoms with van der Waals surface area (Å²) in [5.41, 5.74) is 4.04. The van der Waals surface area contributed by atoms with E-state index in [0.29, 0.717) is 0 Å². The van der Waals surface area contributed by atoms with Gasteiger partial charge >= 0.3 is 0 Å². The van der Waals surface area contributed by atoms with Crippen LogP contribution in [0, 0.1) is 0 Å². The number of nitrogens with zero attached hydrogens (tertiary/aromatic N) is 2. The molecule has 24 heavy (non-hydrogen) atoms. The van der Waals surface area contributed by atoms with E-state index in [1.54, 1.807) is 0 Å². The topological polar surface area (TPSA) is 22.3 Å². The highest BCUT2D eigenvalue weighted by Crippen LogP contribution is 2.20. The zero-order valence-corrected chi connectivity index (χ0v) is 15.3. The van der Waals surface area contributed by atoms with E-state index in [9.17, 15) is 0 Å². The van der Waals surface area contributed by atoms with Crippen molar-refractivity contribution in [3.8, 4) is 0 Å². The number of aromatic nitrogens is 1. The Morgan fingerprint density at radius 1 is 0.833 bits per heavy atom. The molecule has 124 valence electrons. The molecule has 0 unspecified atom stereocenters. The van der Waals surface area contributed by atoms with Crippen LogP contribution < -0.4 is 0 Å². The molecule has 4 heteroatoms. The van der Waals surface area contributed by atoms with Crippen molar-refractivity contribution in [3.63, 3.8) is 0 Å². The maximum absolute atomic E-state index is 3.50. The van der Waals surface area contributed by atoms with E-state index < -0.39 is 0 Å². The molecule has 1 fully saturated rings. The Balaban J connectivity index is 1.33. The number of piperazine rings is 1. The Bertz CT molecular complexity index is 801. The van der Waals surface area contributed by atoms with Crippen LogP contribution in [0.5, 0.6) is 0 Å². The average molecular weight is 384 g/mol. The molecule has 2 heterocycles. The van der Waals surface area contributed by atoms with Crippen molar-refractivity contribution in [1.82, 2.24) is 14.8 Å². The molecule has 3 aromatic rings. The molecule has 0 spiro atoms. The minimum absolute atomic E-state index is 1.04. The van der Waals surface area contributed by atoms with Crippen molar-refractivity contribution in [3.05, 3.63) is 70.3 Å². The molecule has 0 radical (unpaired) electrons. The third kappa shape index (κ3) is 3.56. The summed E-state index contributed by atoms with van der Waals surface area (Å²) in [5.74, 6) is 0. The minimum Gasteiger partial charge on any atom is -0.361 e. The summed E-state index contributed by atoms with van der Waals surface area (Å²) in [5, 5.41) is 1.36. The number of rotatable bonds is 4. The van der Waals surface area contributed by atoms with Gasteiger partial charge in [-0.25, -0.2) is 0 Å². The highest BCUT2D eigenvalue weighted by molar-refractivity contribution is 9.10. The lowest BCUT2D eigenvalue weighted by Gasteiger charge is -2.34. The quantitative estimate of drug-likeness (QED) is 0.727. The fraction of sp³-hybridized carbons (Fsp3) is 0.300. The van der Waals surface area contributed by atoms with Gasteiger partial charge in [-0.05, 0) is 29.3 Å². The van der Waals surface area contributed by atoms with Crippen LogP contribution in [0.4, 0.5) is 0 Å². The van der Waals surface area contributed by atoms with Crippen molar-refractivity contribution in [2.75, 3.05) is 26.2 Å². The monoisotopic (exact) mass is 383 g/mol. The molecule has 1 saturated heterocycles. The Hall–Kier alpha value is -1.62. The number of H-pyrrole nitrogens is 1. The van der Waals surface area contributed by atoms with Crippen molar-refractivity contribution in [2.24, 2.45) is 0 Å². The van der Waals surface area contributed by atoms with Gasteiger partial charge in [0.05, 0.1) is 0 Å². The van der Waals surface area contributed by atoms with Crippen LogP contribution in [0.1, 0.15) is 11.1 Å². The van der Waals surface area contributed by atoms with E-state index in [2.05, 4.69) is 85.4 Å². The molecule has 3 nitrogen and oxygen atoms in total. The second-order valence-corrected chi connectivity index (χ2v) is 7.45. The first kappa shape index (κ1) is 15.9. The van der Waals surface area contributed by atoms with Gasteiger partial charge in [-0.15, -0.1) is 0 Å². The van der Waals surface area contributed by atoms with Crippen molar-refractivity contribution in [1.29, 1.82) is 0 Å². The lowest BCUT2D eigenvalue weighted by molar-refractivity contribution is 0.122. The van der Waals surface area contributed by atoms with Gasteiger partial charge in [0.25, 0.3) is 0 Å². The summed E-state index contributed by atoms with van der Waals surface area (Å²) < 4.78 is 1.15. The van der Waals surface area contributed by atoms with E-state index in [0.717, 1.165) is 43.7 Å². The van der Waals surface area contributed by atoms with Crippen LogP contribution in [-0.2, 0) is 13.1 Å². The summed E-state index contributed by atoms with van der Waals surface area (Å²) in [6.45, 7) is 6.63. The molecular weight excluding hydrogens is 362 g/mol. The SMILES string of the molecule is Brc1ccc(CN2CCN(Cc3c[nH]c4ccccc34)CC2)cc1. The van der Waals surface area contributed by atoms with E-state index in [-0.39, 0.29) is 0 Å². The summed E-state index contributed by atoms with van der Waals surface area (Å²) >= 11 is 3.50. The number of fused-ring (bicyclic) bond motifs is 1. The number of hydrogen-bond donors (Lipinski definition) is 1. The number of nitrogens with one attached hydrogen (secondary N) is 1. The molecular formula is C20H22BrN3. The Labute approximate surface area is 151 Å². The maximum Gasteiger partial charge on any atom is 0.0457 e. The summed E-state index contributed by atoms with van der Waals surface area (Å²) in [6.07, 6.45) is 2.17. The lowest BCUT2D eigenvalue weighted by Crippen LogP contribution is -2.45. The van der Waals surface area contributed by atoms with E-state index in [4.69, 9.17) is 0 Å². The van der Waals surface area contributed by atoms with E-state index in [1.165, 1.54) is 22.0 Å². The van der Waals surface area contributed by atoms with Crippen LogP contribution in [0.15, 0.2) is 59.2 Å². The zero-order valence-electron chi connectivity index (χ0n) is 13.7. The fourth-order valence-electron chi connectivity index (χ4n) is 3.46. The Kier molecular flexibility index (Phi) is 4.69. The second kappa shape index (κ2) is 7.09. The summed E-state index contributed by atoms with van der Waals surface area (Å²) in [6, 6.07) is 17.2. The van der Waals surface area contributed by atoms with Crippen molar-refractivity contribution >= 4 is 26.8 Å². The highest BCUT2D eigenvalue weighted by Gasteiger charge is 2.18. The molecule has 0 atom stereocenters.